The highest BCUT2D eigenvalue weighted by atomic mass is 32.2. The van der Waals surface area contributed by atoms with E-state index in [0.717, 1.165) is 29.2 Å². The summed E-state index contributed by atoms with van der Waals surface area (Å²) in [5.74, 6) is 2.33. The third-order valence-electron chi connectivity index (χ3n) is 3.03. The molecule has 2 aromatic heterocycles. The number of nitrogens with zero attached hydrogens (tertiary/aromatic N) is 3. The molecule has 1 unspecified atom stereocenters. The van der Waals surface area contributed by atoms with Gasteiger partial charge in [-0.3, -0.25) is 4.68 Å². The topological polar surface area (TPSA) is 42.7 Å². The van der Waals surface area contributed by atoms with E-state index >= 15 is 0 Å². The van der Waals surface area contributed by atoms with Gasteiger partial charge in [-0.25, -0.2) is 4.98 Å². The highest BCUT2D eigenvalue weighted by Gasteiger charge is 2.19. The summed E-state index contributed by atoms with van der Waals surface area (Å²) in [5.41, 5.74) is 3.24. The van der Waals surface area contributed by atoms with Gasteiger partial charge in [0.1, 0.15) is 5.01 Å². The molecule has 1 atom stereocenters. The summed E-state index contributed by atoms with van der Waals surface area (Å²) >= 11 is 3.74. The van der Waals surface area contributed by atoms with Gasteiger partial charge in [-0.05, 0) is 6.92 Å². The SMILES string of the molecule is Cc1nn(C)cc1-c1csc(C2CSCCN2)n1. The summed E-state index contributed by atoms with van der Waals surface area (Å²) in [6.45, 7) is 3.11. The second kappa shape index (κ2) is 5.03. The first kappa shape index (κ1) is 12.2. The molecular weight excluding hydrogens is 264 g/mol. The summed E-state index contributed by atoms with van der Waals surface area (Å²) < 4.78 is 1.85. The van der Waals surface area contributed by atoms with Gasteiger partial charge in [-0.15, -0.1) is 11.3 Å². The normalized spacial score (nSPS) is 20.2. The highest BCUT2D eigenvalue weighted by molar-refractivity contribution is 7.99. The minimum absolute atomic E-state index is 0.416. The fourth-order valence-corrected chi connectivity index (χ4v) is 4.09. The van der Waals surface area contributed by atoms with E-state index in [-0.39, 0.29) is 0 Å². The van der Waals surface area contributed by atoms with Crippen LogP contribution in [0.15, 0.2) is 11.6 Å². The van der Waals surface area contributed by atoms with Crippen LogP contribution in [0.4, 0.5) is 0 Å². The molecule has 3 heterocycles. The zero-order valence-electron chi connectivity index (χ0n) is 10.5. The number of nitrogens with one attached hydrogen (secondary N) is 1. The Labute approximate surface area is 115 Å². The molecule has 0 radical (unpaired) electrons. The van der Waals surface area contributed by atoms with Crippen molar-refractivity contribution < 1.29 is 0 Å². The summed E-state index contributed by atoms with van der Waals surface area (Å²) in [5, 5.41) is 11.2. The van der Waals surface area contributed by atoms with E-state index in [4.69, 9.17) is 4.98 Å². The molecule has 3 rings (SSSR count). The van der Waals surface area contributed by atoms with Crippen molar-refractivity contribution >= 4 is 23.1 Å². The summed E-state index contributed by atoms with van der Waals surface area (Å²) in [7, 11) is 1.95. The van der Waals surface area contributed by atoms with Gasteiger partial charge in [0.2, 0.25) is 0 Å². The van der Waals surface area contributed by atoms with Gasteiger partial charge in [0, 0.05) is 42.2 Å². The molecule has 18 heavy (non-hydrogen) atoms. The second-order valence-electron chi connectivity index (χ2n) is 4.45. The molecule has 1 aliphatic heterocycles. The van der Waals surface area contributed by atoms with E-state index in [1.807, 2.05) is 36.6 Å². The van der Waals surface area contributed by atoms with Crippen molar-refractivity contribution in [1.29, 1.82) is 0 Å². The first-order valence-corrected chi connectivity index (χ1v) is 8.04. The Bertz CT molecular complexity index is 540. The fourth-order valence-electron chi connectivity index (χ4n) is 2.15. The highest BCUT2D eigenvalue weighted by Crippen LogP contribution is 2.29. The molecule has 0 saturated carbocycles. The third kappa shape index (κ3) is 2.32. The van der Waals surface area contributed by atoms with Crippen molar-refractivity contribution in [3.05, 3.63) is 22.3 Å². The van der Waals surface area contributed by atoms with Gasteiger partial charge in [0.15, 0.2) is 0 Å². The van der Waals surface area contributed by atoms with Crippen LogP contribution in [0.2, 0.25) is 0 Å². The molecule has 0 amide bonds. The standard InChI is InChI=1S/C12H16N4S2/c1-8-9(5-16(2)15-8)10-7-18-12(14-10)11-6-17-4-3-13-11/h5,7,11,13H,3-4,6H2,1-2H3. The Balaban J connectivity index is 1.86. The molecule has 0 spiro atoms. The van der Waals surface area contributed by atoms with Crippen molar-refractivity contribution in [3.63, 3.8) is 0 Å². The van der Waals surface area contributed by atoms with Crippen molar-refractivity contribution in [1.82, 2.24) is 20.1 Å². The fraction of sp³-hybridized carbons (Fsp3) is 0.500. The predicted molar refractivity (Wildman–Crippen MR) is 77.1 cm³/mol. The minimum Gasteiger partial charge on any atom is -0.306 e. The van der Waals surface area contributed by atoms with E-state index in [2.05, 4.69) is 15.8 Å². The van der Waals surface area contributed by atoms with Gasteiger partial charge in [0.05, 0.1) is 17.4 Å². The lowest BCUT2D eigenvalue weighted by Gasteiger charge is -2.20. The Kier molecular flexibility index (Phi) is 3.41. The molecule has 4 nitrogen and oxygen atoms in total. The van der Waals surface area contributed by atoms with Gasteiger partial charge < -0.3 is 5.32 Å². The van der Waals surface area contributed by atoms with Crippen LogP contribution in [0.1, 0.15) is 16.7 Å². The lowest BCUT2D eigenvalue weighted by molar-refractivity contribution is 0.592. The lowest BCUT2D eigenvalue weighted by Crippen LogP contribution is -2.30. The van der Waals surface area contributed by atoms with Crippen molar-refractivity contribution in [3.8, 4) is 11.3 Å². The van der Waals surface area contributed by atoms with Crippen LogP contribution in [-0.2, 0) is 7.05 Å². The van der Waals surface area contributed by atoms with Gasteiger partial charge in [-0.2, -0.15) is 16.9 Å². The molecular formula is C12H16N4S2. The van der Waals surface area contributed by atoms with E-state index in [1.165, 1.54) is 10.8 Å². The molecule has 0 bridgehead atoms. The smallest absolute Gasteiger partial charge is 0.111 e. The van der Waals surface area contributed by atoms with Crippen LogP contribution < -0.4 is 5.32 Å². The monoisotopic (exact) mass is 280 g/mol. The minimum atomic E-state index is 0.416. The Morgan fingerprint density at radius 3 is 3.06 bits per heavy atom. The Hall–Kier alpha value is -0.850. The molecule has 0 aliphatic carbocycles. The van der Waals surface area contributed by atoms with E-state index in [0.29, 0.717) is 6.04 Å². The average Bonchev–Trinajstić information content (AvgIpc) is 2.97. The quantitative estimate of drug-likeness (QED) is 0.916. The first-order valence-electron chi connectivity index (χ1n) is 6.01. The number of rotatable bonds is 2. The van der Waals surface area contributed by atoms with Crippen molar-refractivity contribution in [2.45, 2.75) is 13.0 Å². The first-order chi connectivity index (χ1) is 8.74. The molecule has 96 valence electrons. The Morgan fingerprint density at radius 2 is 2.39 bits per heavy atom. The van der Waals surface area contributed by atoms with Crippen LogP contribution in [0.3, 0.4) is 0 Å². The lowest BCUT2D eigenvalue weighted by atomic mass is 10.2. The van der Waals surface area contributed by atoms with Gasteiger partial charge in [-0.1, -0.05) is 0 Å². The largest absolute Gasteiger partial charge is 0.306 e. The molecule has 1 fully saturated rings. The Morgan fingerprint density at radius 1 is 1.50 bits per heavy atom. The van der Waals surface area contributed by atoms with E-state index < -0.39 is 0 Å². The zero-order valence-corrected chi connectivity index (χ0v) is 12.1. The van der Waals surface area contributed by atoms with Crippen LogP contribution in [0, 0.1) is 6.92 Å². The average molecular weight is 280 g/mol. The molecule has 6 heteroatoms. The summed E-state index contributed by atoms with van der Waals surface area (Å²) in [4.78, 5) is 4.77. The number of hydrogen-bond acceptors (Lipinski definition) is 5. The van der Waals surface area contributed by atoms with E-state index in [1.54, 1.807) is 11.3 Å². The number of aromatic nitrogens is 3. The van der Waals surface area contributed by atoms with Gasteiger partial charge in [0.25, 0.3) is 0 Å². The molecule has 1 N–H and O–H groups in total. The summed E-state index contributed by atoms with van der Waals surface area (Å²) in [6.07, 6.45) is 2.04. The van der Waals surface area contributed by atoms with Crippen molar-refractivity contribution in [2.75, 3.05) is 18.1 Å². The van der Waals surface area contributed by atoms with Crippen LogP contribution in [-0.4, -0.2) is 32.8 Å². The molecule has 2 aromatic rings. The maximum absolute atomic E-state index is 4.77. The maximum atomic E-state index is 4.77. The van der Waals surface area contributed by atoms with Gasteiger partial charge >= 0.3 is 0 Å². The van der Waals surface area contributed by atoms with Crippen LogP contribution in [0.5, 0.6) is 0 Å². The summed E-state index contributed by atoms with van der Waals surface area (Å²) in [6, 6.07) is 0.416. The van der Waals surface area contributed by atoms with Crippen LogP contribution >= 0.6 is 23.1 Å². The number of thiazole rings is 1. The van der Waals surface area contributed by atoms with E-state index in [9.17, 15) is 0 Å². The number of thioether (sulfide) groups is 1. The van der Waals surface area contributed by atoms with Crippen molar-refractivity contribution in [2.24, 2.45) is 7.05 Å². The molecule has 1 aliphatic rings. The third-order valence-corrected chi connectivity index (χ3v) is 5.05. The number of aryl methyl sites for hydroxylation is 2. The predicted octanol–water partition coefficient (Wildman–Crippen LogP) is 2.23. The molecule has 0 aromatic carbocycles. The number of hydrogen-bond donors (Lipinski definition) is 1. The maximum Gasteiger partial charge on any atom is 0.111 e. The molecule has 1 saturated heterocycles. The zero-order chi connectivity index (χ0) is 12.5. The van der Waals surface area contributed by atoms with Crippen LogP contribution in [0.25, 0.3) is 11.3 Å². The second-order valence-corrected chi connectivity index (χ2v) is 6.49.